The lowest BCUT2D eigenvalue weighted by Crippen LogP contribution is -2.60. The molecule has 0 aliphatic heterocycles. The van der Waals surface area contributed by atoms with Gasteiger partial charge in [-0.3, -0.25) is 4.79 Å². The molecule has 0 fully saturated rings. The molecule has 0 N–H and O–H groups in total. The Labute approximate surface area is 130 Å². The first-order valence-electron chi connectivity index (χ1n) is 7.15. The molecule has 0 aliphatic carbocycles. The second-order valence-electron chi connectivity index (χ2n) is 6.91. The van der Waals surface area contributed by atoms with Crippen molar-refractivity contribution in [3.05, 3.63) is 29.8 Å². The minimum Gasteiger partial charge on any atom is -0.424 e. The number of carbonyl (C=O) groups excluding carboxylic acids is 1. The van der Waals surface area contributed by atoms with Crippen LogP contribution in [0.1, 0.15) is 17.3 Å². The SMILES string of the molecule is CCSC(=O)c1ccccc1N([Si](C)(C)C)[Si](C)(C)C. The lowest BCUT2D eigenvalue weighted by Gasteiger charge is -2.46. The topological polar surface area (TPSA) is 20.3 Å². The molecular formula is C15H27NOSSi2. The van der Waals surface area contributed by atoms with Gasteiger partial charge in [-0.1, -0.05) is 70.1 Å². The zero-order valence-corrected chi connectivity index (χ0v) is 16.6. The van der Waals surface area contributed by atoms with Gasteiger partial charge in [0, 0.05) is 5.69 Å². The Balaban J connectivity index is 3.39. The summed E-state index contributed by atoms with van der Waals surface area (Å²) in [6.07, 6.45) is 0. The number of anilines is 1. The lowest BCUT2D eigenvalue weighted by atomic mass is 10.2. The molecule has 2 nitrogen and oxygen atoms in total. The molecule has 0 radical (unpaired) electrons. The first-order valence-corrected chi connectivity index (χ1v) is 15.0. The molecule has 0 unspecified atom stereocenters. The zero-order chi connectivity index (χ0) is 15.6. The Bertz CT molecular complexity index is 463. The van der Waals surface area contributed by atoms with Crippen molar-refractivity contribution in [3.8, 4) is 0 Å². The molecule has 0 atom stereocenters. The van der Waals surface area contributed by atoms with Crippen molar-refractivity contribution in [2.45, 2.75) is 46.2 Å². The molecule has 0 bridgehead atoms. The maximum atomic E-state index is 12.4. The highest BCUT2D eigenvalue weighted by Gasteiger charge is 2.36. The average Bonchev–Trinajstić information content (AvgIpc) is 2.26. The Morgan fingerprint density at radius 1 is 1.05 bits per heavy atom. The van der Waals surface area contributed by atoms with Crippen LogP contribution in [0.25, 0.3) is 0 Å². The summed E-state index contributed by atoms with van der Waals surface area (Å²) in [5.74, 6) is 0.826. The molecule has 5 heteroatoms. The van der Waals surface area contributed by atoms with Gasteiger partial charge >= 0.3 is 0 Å². The molecule has 1 aromatic rings. The van der Waals surface area contributed by atoms with Crippen molar-refractivity contribution in [2.75, 3.05) is 9.98 Å². The summed E-state index contributed by atoms with van der Waals surface area (Å²) >= 11 is 1.40. The normalized spacial score (nSPS) is 12.3. The fourth-order valence-corrected chi connectivity index (χ4v) is 13.3. The summed E-state index contributed by atoms with van der Waals surface area (Å²) in [7, 11) is -3.06. The molecule has 20 heavy (non-hydrogen) atoms. The van der Waals surface area contributed by atoms with Crippen LogP contribution in [0.3, 0.4) is 0 Å². The van der Waals surface area contributed by atoms with Gasteiger partial charge in [0.15, 0.2) is 0 Å². The molecule has 1 rings (SSSR count). The Kier molecular flexibility index (Phi) is 5.69. The van der Waals surface area contributed by atoms with E-state index in [0.717, 1.165) is 17.0 Å². The van der Waals surface area contributed by atoms with Crippen molar-refractivity contribution in [2.24, 2.45) is 0 Å². The number of para-hydroxylation sites is 1. The monoisotopic (exact) mass is 325 g/mol. The van der Waals surface area contributed by atoms with Gasteiger partial charge in [-0.05, 0) is 17.9 Å². The van der Waals surface area contributed by atoms with Crippen molar-refractivity contribution < 1.29 is 4.79 Å². The maximum absolute atomic E-state index is 12.4. The van der Waals surface area contributed by atoms with Crippen LogP contribution in [0.4, 0.5) is 5.69 Å². The standard InChI is InChI=1S/C15H27NOSSi2/c1-8-18-15(17)13-11-9-10-12-14(13)16(19(2,3)4)20(5,6)7/h9-12H,8H2,1-7H3. The fourth-order valence-electron chi connectivity index (χ4n) is 2.78. The number of hydrogen-bond donors (Lipinski definition) is 0. The van der Waals surface area contributed by atoms with E-state index >= 15 is 0 Å². The molecule has 0 aliphatic rings. The molecule has 0 saturated carbocycles. The summed E-state index contributed by atoms with van der Waals surface area (Å²) in [6.45, 7) is 16.2. The van der Waals surface area contributed by atoms with Gasteiger partial charge in [-0.2, -0.15) is 0 Å². The molecule has 0 saturated heterocycles. The van der Waals surface area contributed by atoms with Crippen molar-refractivity contribution >= 4 is 39.0 Å². The van der Waals surface area contributed by atoms with Crippen LogP contribution in [0.5, 0.6) is 0 Å². The zero-order valence-electron chi connectivity index (χ0n) is 13.8. The number of nitrogens with zero attached hydrogens (tertiary/aromatic N) is 1. The molecule has 0 aromatic heterocycles. The number of benzene rings is 1. The molecule has 0 amide bonds. The highest BCUT2D eigenvalue weighted by molar-refractivity contribution is 8.14. The van der Waals surface area contributed by atoms with E-state index in [1.54, 1.807) is 0 Å². The average molecular weight is 326 g/mol. The van der Waals surface area contributed by atoms with Crippen LogP contribution in [0.2, 0.25) is 39.3 Å². The van der Waals surface area contributed by atoms with Crippen molar-refractivity contribution in [3.63, 3.8) is 0 Å². The lowest BCUT2D eigenvalue weighted by molar-refractivity contribution is 0.109. The van der Waals surface area contributed by atoms with Gasteiger partial charge in [0.1, 0.15) is 16.5 Å². The van der Waals surface area contributed by atoms with Crippen LogP contribution >= 0.6 is 11.8 Å². The predicted octanol–water partition coefficient (Wildman–Crippen LogP) is 5.06. The van der Waals surface area contributed by atoms with E-state index in [2.05, 4.69) is 55.6 Å². The third-order valence-corrected chi connectivity index (χ3v) is 10.9. The van der Waals surface area contributed by atoms with E-state index in [-0.39, 0.29) is 5.12 Å². The van der Waals surface area contributed by atoms with Crippen LogP contribution in [0.15, 0.2) is 24.3 Å². The summed E-state index contributed by atoms with van der Waals surface area (Å²) in [5.41, 5.74) is 2.03. The first kappa shape index (κ1) is 17.5. The van der Waals surface area contributed by atoms with Crippen LogP contribution in [0, 0.1) is 0 Å². The minimum atomic E-state index is -1.53. The third-order valence-electron chi connectivity index (χ3n) is 2.98. The molecule has 0 heterocycles. The van der Waals surface area contributed by atoms with Crippen molar-refractivity contribution in [1.82, 2.24) is 0 Å². The van der Waals surface area contributed by atoms with Gasteiger partial charge < -0.3 is 4.23 Å². The summed E-state index contributed by atoms with van der Waals surface area (Å²) in [6, 6.07) is 8.13. The van der Waals surface area contributed by atoms with E-state index < -0.39 is 16.5 Å². The smallest absolute Gasteiger partial charge is 0.221 e. The number of carbonyl (C=O) groups is 1. The van der Waals surface area contributed by atoms with Crippen LogP contribution < -0.4 is 4.23 Å². The van der Waals surface area contributed by atoms with E-state index in [1.165, 1.54) is 11.8 Å². The summed E-state index contributed by atoms with van der Waals surface area (Å²) in [5, 5.41) is 0.199. The molecule has 0 spiro atoms. The quantitative estimate of drug-likeness (QED) is 0.706. The number of hydrogen-bond acceptors (Lipinski definition) is 3. The number of rotatable bonds is 5. The Hall–Kier alpha value is -0.526. The van der Waals surface area contributed by atoms with Crippen molar-refractivity contribution in [1.29, 1.82) is 0 Å². The second-order valence-corrected chi connectivity index (χ2v) is 18.2. The van der Waals surface area contributed by atoms with Gasteiger partial charge in [0.25, 0.3) is 0 Å². The van der Waals surface area contributed by atoms with E-state index in [0.29, 0.717) is 0 Å². The van der Waals surface area contributed by atoms with E-state index in [4.69, 9.17) is 0 Å². The fraction of sp³-hybridized carbons (Fsp3) is 0.533. The Morgan fingerprint density at radius 3 is 2.00 bits per heavy atom. The van der Waals surface area contributed by atoms with E-state index in [1.807, 2.05) is 19.1 Å². The highest BCUT2D eigenvalue weighted by Crippen LogP contribution is 2.32. The summed E-state index contributed by atoms with van der Waals surface area (Å²) < 4.78 is 2.61. The van der Waals surface area contributed by atoms with Gasteiger partial charge in [-0.15, -0.1) is 0 Å². The molecule has 1 aromatic carbocycles. The van der Waals surface area contributed by atoms with Crippen LogP contribution in [-0.2, 0) is 0 Å². The highest BCUT2D eigenvalue weighted by atomic mass is 32.2. The van der Waals surface area contributed by atoms with Gasteiger partial charge in [0.2, 0.25) is 5.12 Å². The third kappa shape index (κ3) is 4.23. The number of thioether (sulfide) groups is 1. The van der Waals surface area contributed by atoms with E-state index in [9.17, 15) is 4.79 Å². The first-order chi connectivity index (χ1) is 9.09. The molecule has 112 valence electrons. The minimum absolute atomic E-state index is 0.199. The Morgan fingerprint density at radius 2 is 1.55 bits per heavy atom. The molecular weight excluding hydrogens is 298 g/mol. The predicted molar refractivity (Wildman–Crippen MR) is 98.1 cm³/mol. The largest absolute Gasteiger partial charge is 0.424 e. The second kappa shape index (κ2) is 6.49. The maximum Gasteiger partial charge on any atom is 0.221 e. The van der Waals surface area contributed by atoms with Gasteiger partial charge in [-0.25, -0.2) is 0 Å². The van der Waals surface area contributed by atoms with Gasteiger partial charge in [0.05, 0.1) is 5.56 Å². The summed E-state index contributed by atoms with van der Waals surface area (Å²) in [4.78, 5) is 12.4. The van der Waals surface area contributed by atoms with Crippen LogP contribution in [-0.4, -0.2) is 27.3 Å².